The van der Waals surface area contributed by atoms with Crippen molar-refractivity contribution in [2.24, 2.45) is 0 Å². The fourth-order valence-electron chi connectivity index (χ4n) is 1.79. The third-order valence-electron chi connectivity index (χ3n) is 2.62. The molecule has 2 aromatic heterocycles. The number of methoxy groups -OCH3 is 1. The van der Waals surface area contributed by atoms with Gasteiger partial charge in [0, 0.05) is 23.1 Å². The smallest absolute Gasteiger partial charge is 0.336 e. The molecule has 0 amide bonds. The zero-order valence-corrected chi connectivity index (χ0v) is 10.7. The van der Waals surface area contributed by atoms with E-state index < -0.39 is 5.63 Å². The predicted octanol–water partition coefficient (Wildman–Crippen LogP) is 1.90. The fraction of sp³-hybridized carbons (Fsp3) is 0.0833. The van der Waals surface area contributed by atoms with E-state index in [1.807, 2.05) is 6.07 Å². The lowest BCUT2D eigenvalue weighted by atomic mass is 10.1. The van der Waals surface area contributed by atoms with E-state index >= 15 is 0 Å². The third kappa shape index (κ3) is 2.04. The second kappa shape index (κ2) is 4.36. The van der Waals surface area contributed by atoms with Crippen molar-refractivity contribution >= 4 is 27.4 Å². The van der Waals surface area contributed by atoms with Crippen molar-refractivity contribution in [1.29, 1.82) is 0 Å². The number of aromatic nitrogens is 2. The highest BCUT2D eigenvalue weighted by Crippen LogP contribution is 2.31. The van der Waals surface area contributed by atoms with Gasteiger partial charge in [-0.1, -0.05) is 11.3 Å². The van der Waals surface area contributed by atoms with E-state index in [0.29, 0.717) is 27.0 Å². The van der Waals surface area contributed by atoms with Gasteiger partial charge in [0.25, 0.3) is 0 Å². The average molecular weight is 275 g/mol. The topological polar surface area (TPSA) is 91.2 Å². The minimum atomic E-state index is -0.454. The first-order valence-electron chi connectivity index (χ1n) is 5.38. The second-order valence-corrected chi connectivity index (χ2v) is 4.80. The summed E-state index contributed by atoms with van der Waals surface area (Å²) in [5.41, 5.74) is 6.21. The molecular weight excluding hydrogens is 266 g/mol. The van der Waals surface area contributed by atoms with Crippen LogP contribution in [0, 0.1) is 0 Å². The van der Waals surface area contributed by atoms with Crippen LogP contribution in [0.15, 0.2) is 33.5 Å². The molecule has 7 heteroatoms. The minimum absolute atomic E-state index is 0.352. The predicted molar refractivity (Wildman–Crippen MR) is 72.4 cm³/mol. The van der Waals surface area contributed by atoms with Crippen LogP contribution in [0.5, 0.6) is 5.75 Å². The summed E-state index contributed by atoms with van der Waals surface area (Å²) >= 11 is 1.22. The van der Waals surface area contributed by atoms with Gasteiger partial charge in [-0.2, -0.15) is 0 Å². The zero-order valence-electron chi connectivity index (χ0n) is 9.91. The van der Waals surface area contributed by atoms with Crippen LogP contribution in [0.2, 0.25) is 0 Å². The van der Waals surface area contributed by atoms with Gasteiger partial charge in [-0.3, -0.25) is 0 Å². The van der Waals surface area contributed by atoms with Gasteiger partial charge in [0.05, 0.1) is 7.11 Å². The van der Waals surface area contributed by atoms with Gasteiger partial charge < -0.3 is 14.9 Å². The van der Waals surface area contributed by atoms with Crippen LogP contribution in [-0.4, -0.2) is 17.3 Å². The number of anilines is 1. The molecule has 0 saturated heterocycles. The maximum absolute atomic E-state index is 11.6. The summed E-state index contributed by atoms with van der Waals surface area (Å²) in [5.74, 6) is 0.615. The largest absolute Gasteiger partial charge is 0.497 e. The lowest BCUT2D eigenvalue weighted by molar-refractivity contribution is 0.414. The first-order valence-corrected chi connectivity index (χ1v) is 6.20. The first kappa shape index (κ1) is 11.7. The van der Waals surface area contributed by atoms with E-state index in [1.54, 1.807) is 19.2 Å². The number of ether oxygens (including phenoxy) is 1. The molecule has 0 radical (unpaired) electrons. The van der Waals surface area contributed by atoms with Crippen LogP contribution >= 0.6 is 11.3 Å². The van der Waals surface area contributed by atoms with Crippen LogP contribution in [0.4, 0.5) is 5.13 Å². The third-order valence-corrected chi connectivity index (χ3v) is 3.41. The zero-order chi connectivity index (χ0) is 13.4. The standard InChI is InChI=1S/C12H9N3O3S/c1-17-6-2-3-7-8(11-14-15-12(13)19-11)5-10(16)18-9(7)4-6/h2-5H,1H3,(H2,13,15). The Kier molecular flexibility index (Phi) is 2.68. The van der Waals surface area contributed by atoms with Crippen LogP contribution in [0.1, 0.15) is 0 Å². The van der Waals surface area contributed by atoms with Gasteiger partial charge in [0.15, 0.2) is 5.01 Å². The Hall–Kier alpha value is -2.41. The average Bonchev–Trinajstić information content (AvgIpc) is 2.83. The molecule has 0 saturated carbocycles. The van der Waals surface area contributed by atoms with Crippen LogP contribution in [0.25, 0.3) is 21.5 Å². The van der Waals surface area contributed by atoms with Crippen molar-refractivity contribution in [1.82, 2.24) is 10.2 Å². The van der Waals surface area contributed by atoms with Gasteiger partial charge in [-0.25, -0.2) is 4.79 Å². The van der Waals surface area contributed by atoms with E-state index in [0.717, 1.165) is 5.39 Å². The number of fused-ring (bicyclic) bond motifs is 1. The molecule has 2 heterocycles. The molecule has 3 aromatic rings. The molecule has 0 bridgehead atoms. The van der Waals surface area contributed by atoms with Crippen LogP contribution in [-0.2, 0) is 0 Å². The fourth-order valence-corrected chi connectivity index (χ4v) is 2.43. The SMILES string of the molecule is COc1ccc2c(-c3nnc(N)s3)cc(=O)oc2c1. The lowest BCUT2D eigenvalue weighted by Crippen LogP contribution is -1.98. The van der Waals surface area contributed by atoms with Crippen molar-refractivity contribution in [3.05, 3.63) is 34.7 Å². The molecule has 0 atom stereocenters. The summed E-state index contributed by atoms with van der Waals surface area (Å²) in [5, 5.41) is 9.40. The summed E-state index contributed by atoms with van der Waals surface area (Å²) in [4.78, 5) is 11.6. The van der Waals surface area contributed by atoms with E-state index in [1.165, 1.54) is 17.4 Å². The van der Waals surface area contributed by atoms with Gasteiger partial charge in [0.2, 0.25) is 5.13 Å². The quantitative estimate of drug-likeness (QED) is 0.718. The van der Waals surface area contributed by atoms with E-state index in [9.17, 15) is 4.79 Å². The number of benzene rings is 1. The summed E-state index contributed by atoms with van der Waals surface area (Å²) in [6, 6.07) is 6.64. The summed E-state index contributed by atoms with van der Waals surface area (Å²) in [6.07, 6.45) is 0. The molecule has 0 spiro atoms. The molecule has 2 N–H and O–H groups in total. The molecule has 0 fully saturated rings. The molecule has 1 aromatic carbocycles. The second-order valence-electron chi connectivity index (χ2n) is 3.79. The van der Waals surface area contributed by atoms with E-state index in [-0.39, 0.29) is 0 Å². The van der Waals surface area contributed by atoms with Crippen molar-refractivity contribution in [2.75, 3.05) is 12.8 Å². The Bertz CT molecular complexity index is 809. The molecule has 6 nitrogen and oxygen atoms in total. The van der Waals surface area contributed by atoms with Gasteiger partial charge >= 0.3 is 5.63 Å². The van der Waals surface area contributed by atoms with Crippen molar-refractivity contribution < 1.29 is 9.15 Å². The summed E-state index contributed by atoms with van der Waals surface area (Å²) in [6.45, 7) is 0. The molecule has 0 unspecified atom stereocenters. The molecule has 96 valence electrons. The Labute approximate surface area is 111 Å². The Balaban J connectivity index is 2.32. The molecule has 0 aliphatic rings. The molecule has 19 heavy (non-hydrogen) atoms. The van der Waals surface area contributed by atoms with Crippen molar-refractivity contribution in [3.63, 3.8) is 0 Å². The molecule has 0 aliphatic heterocycles. The molecule has 0 aliphatic carbocycles. The molecule has 3 rings (SSSR count). The van der Waals surface area contributed by atoms with Gasteiger partial charge in [0.1, 0.15) is 11.3 Å². The highest BCUT2D eigenvalue weighted by molar-refractivity contribution is 7.18. The maximum atomic E-state index is 11.6. The first-order chi connectivity index (χ1) is 9.17. The normalized spacial score (nSPS) is 10.8. The van der Waals surface area contributed by atoms with Gasteiger partial charge in [-0.05, 0) is 12.1 Å². The number of hydrogen-bond donors (Lipinski definition) is 1. The van der Waals surface area contributed by atoms with E-state index in [4.69, 9.17) is 14.9 Å². The number of nitrogens with zero attached hydrogens (tertiary/aromatic N) is 2. The van der Waals surface area contributed by atoms with Crippen LogP contribution in [0.3, 0.4) is 0 Å². The summed E-state index contributed by atoms with van der Waals surface area (Å²) < 4.78 is 10.3. The monoisotopic (exact) mass is 275 g/mol. The van der Waals surface area contributed by atoms with Crippen LogP contribution < -0.4 is 16.1 Å². The Morgan fingerprint density at radius 3 is 2.84 bits per heavy atom. The van der Waals surface area contributed by atoms with E-state index in [2.05, 4.69) is 10.2 Å². The Morgan fingerprint density at radius 2 is 2.16 bits per heavy atom. The minimum Gasteiger partial charge on any atom is -0.497 e. The summed E-state index contributed by atoms with van der Waals surface area (Å²) in [7, 11) is 1.55. The van der Waals surface area contributed by atoms with Crippen molar-refractivity contribution in [3.8, 4) is 16.3 Å². The number of nitrogen functional groups attached to an aromatic ring is 1. The Morgan fingerprint density at radius 1 is 1.32 bits per heavy atom. The lowest BCUT2D eigenvalue weighted by Gasteiger charge is -2.04. The number of hydrogen-bond acceptors (Lipinski definition) is 7. The molecular formula is C12H9N3O3S. The van der Waals surface area contributed by atoms with Gasteiger partial charge in [-0.15, -0.1) is 10.2 Å². The number of rotatable bonds is 2. The highest BCUT2D eigenvalue weighted by Gasteiger charge is 2.12. The highest BCUT2D eigenvalue weighted by atomic mass is 32.1. The maximum Gasteiger partial charge on any atom is 0.336 e. The number of nitrogens with two attached hydrogens (primary N) is 1. The van der Waals surface area contributed by atoms with Crippen molar-refractivity contribution in [2.45, 2.75) is 0 Å².